The van der Waals surface area contributed by atoms with Crippen LogP contribution in [0.5, 0.6) is 11.5 Å². The van der Waals surface area contributed by atoms with Crippen molar-refractivity contribution in [3.8, 4) is 11.5 Å². The van der Waals surface area contributed by atoms with E-state index in [1.165, 1.54) is 0 Å². The molecule has 4 nitrogen and oxygen atoms in total. The van der Waals surface area contributed by atoms with Crippen LogP contribution in [-0.4, -0.2) is 19.6 Å². The Morgan fingerprint density at radius 1 is 0.920 bits per heavy atom. The van der Waals surface area contributed by atoms with Crippen molar-refractivity contribution in [2.75, 3.05) is 13.7 Å². The molecular weight excluding hydrogens is 314 g/mol. The lowest BCUT2D eigenvalue weighted by Crippen LogP contribution is -2.22. The van der Waals surface area contributed by atoms with Crippen LogP contribution in [0.2, 0.25) is 0 Å². The monoisotopic (exact) mass is 335 g/mol. The van der Waals surface area contributed by atoms with Crippen LogP contribution < -0.4 is 14.8 Å². The minimum absolute atomic E-state index is 0.0992. The van der Waals surface area contributed by atoms with Gasteiger partial charge in [0.05, 0.1) is 13.7 Å². The van der Waals surface area contributed by atoms with Crippen LogP contribution in [0.3, 0.4) is 0 Å². The zero-order valence-corrected chi connectivity index (χ0v) is 14.4. The van der Waals surface area contributed by atoms with Gasteiger partial charge in [-0.3, -0.25) is 4.79 Å². The molecule has 25 heavy (non-hydrogen) atoms. The third-order valence-corrected chi connectivity index (χ3v) is 3.99. The predicted octanol–water partition coefficient (Wildman–Crippen LogP) is 4.18. The fourth-order valence-corrected chi connectivity index (χ4v) is 2.66. The molecule has 4 heteroatoms. The van der Waals surface area contributed by atoms with Crippen LogP contribution in [0.4, 0.5) is 0 Å². The minimum atomic E-state index is -0.0992. The van der Waals surface area contributed by atoms with Gasteiger partial charge in [0, 0.05) is 12.1 Å². The number of carbonyl (C=O) groups is 1. The van der Waals surface area contributed by atoms with Crippen LogP contribution in [0, 0.1) is 0 Å². The molecule has 3 rings (SSSR count). The van der Waals surface area contributed by atoms with E-state index in [0.717, 1.165) is 27.8 Å². The summed E-state index contributed by atoms with van der Waals surface area (Å²) in [5.41, 5.74) is 1.67. The maximum Gasteiger partial charge on any atom is 0.251 e. The summed E-state index contributed by atoms with van der Waals surface area (Å²) >= 11 is 0. The largest absolute Gasteiger partial charge is 0.497 e. The molecule has 0 unspecified atom stereocenters. The summed E-state index contributed by atoms with van der Waals surface area (Å²) in [4.78, 5) is 12.3. The standard InChI is InChI=1S/C21H21NO3/c1-3-25-19-9-6-16(7-10-19)21(23)22-14-15-4-5-18-13-20(24-2)11-8-17(18)12-15/h4-13H,3,14H2,1-2H3,(H,22,23). The Kier molecular flexibility index (Phi) is 5.19. The van der Waals surface area contributed by atoms with Gasteiger partial charge in [-0.1, -0.05) is 18.2 Å². The lowest BCUT2D eigenvalue weighted by molar-refractivity contribution is 0.0951. The van der Waals surface area contributed by atoms with Crippen molar-refractivity contribution in [2.45, 2.75) is 13.5 Å². The molecule has 0 heterocycles. The lowest BCUT2D eigenvalue weighted by Gasteiger charge is -2.08. The van der Waals surface area contributed by atoms with Gasteiger partial charge in [-0.15, -0.1) is 0 Å². The van der Waals surface area contributed by atoms with E-state index in [-0.39, 0.29) is 5.91 Å². The van der Waals surface area contributed by atoms with Crippen LogP contribution in [0.25, 0.3) is 10.8 Å². The molecule has 0 aliphatic carbocycles. The molecule has 1 amide bonds. The van der Waals surface area contributed by atoms with E-state index in [9.17, 15) is 4.79 Å². The third-order valence-electron chi connectivity index (χ3n) is 3.99. The van der Waals surface area contributed by atoms with E-state index in [2.05, 4.69) is 11.4 Å². The van der Waals surface area contributed by atoms with E-state index in [1.807, 2.05) is 49.4 Å². The van der Waals surface area contributed by atoms with Gasteiger partial charge in [0.2, 0.25) is 0 Å². The van der Waals surface area contributed by atoms with E-state index < -0.39 is 0 Å². The minimum Gasteiger partial charge on any atom is -0.497 e. The first-order chi connectivity index (χ1) is 12.2. The SMILES string of the molecule is CCOc1ccc(C(=O)NCc2ccc3cc(OC)ccc3c2)cc1. The summed E-state index contributed by atoms with van der Waals surface area (Å²) in [6.07, 6.45) is 0. The number of ether oxygens (including phenoxy) is 2. The van der Waals surface area contributed by atoms with Crippen molar-refractivity contribution in [2.24, 2.45) is 0 Å². The van der Waals surface area contributed by atoms with E-state index >= 15 is 0 Å². The van der Waals surface area contributed by atoms with Gasteiger partial charge in [-0.2, -0.15) is 0 Å². The Balaban J connectivity index is 1.66. The van der Waals surface area contributed by atoms with Crippen LogP contribution in [0.1, 0.15) is 22.8 Å². The summed E-state index contributed by atoms with van der Waals surface area (Å²) < 4.78 is 10.6. The second-order valence-electron chi connectivity index (χ2n) is 5.69. The van der Waals surface area contributed by atoms with E-state index in [4.69, 9.17) is 9.47 Å². The number of methoxy groups -OCH3 is 1. The predicted molar refractivity (Wildman–Crippen MR) is 99.3 cm³/mol. The van der Waals surface area contributed by atoms with Crippen molar-refractivity contribution in [3.63, 3.8) is 0 Å². The molecule has 1 N–H and O–H groups in total. The number of amides is 1. The number of rotatable bonds is 6. The molecule has 0 atom stereocenters. The summed E-state index contributed by atoms with van der Waals surface area (Å²) in [5, 5.41) is 5.18. The first kappa shape index (κ1) is 16.8. The highest BCUT2D eigenvalue weighted by Crippen LogP contribution is 2.22. The maximum absolute atomic E-state index is 12.3. The number of benzene rings is 3. The molecule has 0 saturated heterocycles. The van der Waals surface area contributed by atoms with Gasteiger partial charge >= 0.3 is 0 Å². The topological polar surface area (TPSA) is 47.6 Å². The number of carbonyl (C=O) groups excluding carboxylic acids is 1. The first-order valence-electron chi connectivity index (χ1n) is 8.27. The quantitative estimate of drug-likeness (QED) is 0.735. The fourth-order valence-electron chi connectivity index (χ4n) is 2.66. The summed E-state index contributed by atoms with van der Waals surface area (Å²) in [5.74, 6) is 1.51. The van der Waals surface area contributed by atoms with Crippen molar-refractivity contribution < 1.29 is 14.3 Å². The van der Waals surface area contributed by atoms with Gasteiger partial charge in [0.15, 0.2) is 0 Å². The number of hydrogen-bond donors (Lipinski definition) is 1. The zero-order chi connectivity index (χ0) is 17.6. The van der Waals surface area contributed by atoms with E-state index in [1.54, 1.807) is 19.2 Å². The van der Waals surface area contributed by atoms with Crippen molar-refractivity contribution >= 4 is 16.7 Å². The lowest BCUT2D eigenvalue weighted by atomic mass is 10.1. The van der Waals surface area contributed by atoms with Crippen molar-refractivity contribution in [3.05, 3.63) is 71.8 Å². The van der Waals surface area contributed by atoms with Gasteiger partial charge in [0.25, 0.3) is 5.91 Å². The molecule has 0 bridgehead atoms. The average molecular weight is 335 g/mol. The number of fused-ring (bicyclic) bond motifs is 1. The molecule has 128 valence electrons. The van der Waals surface area contributed by atoms with Gasteiger partial charge in [0.1, 0.15) is 11.5 Å². The Morgan fingerprint density at radius 2 is 1.60 bits per heavy atom. The average Bonchev–Trinajstić information content (AvgIpc) is 2.66. The second kappa shape index (κ2) is 7.71. The smallest absolute Gasteiger partial charge is 0.251 e. The molecular formula is C21H21NO3. The molecule has 0 radical (unpaired) electrons. The van der Waals surface area contributed by atoms with Crippen LogP contribution >= 0.6 is 0 Å². The molecule has 0 aromatic heterocycles. The number of nitrogens with one attached hydrogen (secondary N) is 1. The maximum atomic E-state index is 12.3. The Labute approximate surface area is 147 Å². The third kappa shape index (κ3) is 4.10. The Bertz CT molecular complexity index is 872. The highest BCUT2D eigenvalue weighted by molar-refractivity contribution is 5.94. The summed E-state index contributed by atoms with van der Waals surface area (Å²) in [6.45, 7) is 3.02. The zero-order valence-electron chi connectivity index (χ0n) is 14.4. The molecule has 0 aliphatic rings. The highest BCUT2D eigenvalue weighted by atomic mass is 16.5. The van der Waals surface area contributed by atoms with Crippen molar-refractivity contribution in [1.82, 2.24) is 5.32 Å². The fraction of sp³-hybridized carbons (Fsp3) is 0.190. The Morgan fingerprint density at radius 3 is 2.32 bits per heavy atom. The molecule has 0 fully saturated rings. The molecule has 0 aliphatic heterocycles. The van der Waals surface area contributed by atoms with Gasteiger partial charge in [-0.05, 0) is 65.7 Å². The molecule has 3 aromatic carbocycles. The first-order valence-corrected chi connectivity index (χ1v) is 8.27. The summed E-state index contributed by atoms with van der Waals surface area (Å²) in [6, 6.07) is 19.2. The Hall–Kier alpha value is -3.01. The van der Waals surface area contributed by atoms with Crippen molar-refractivity contribution in [1.29, 1.82) is 0 Å². The molecule has 0 saturated carbocycles. The normalized spacial score (nSPS) is 10.5. The van der Waals surface area contributed by atoms with E-state index in [0.29, 0.717) is 18.7 Å². The van der Waals surface area contributed by atoms with Crippen LogP contribution in [0.15, 0.2) is 60.7 Å². The highest BCUT2D eigenvalue weighted by Gasteiger charge is 2.06. The summed E-state index contributed by atoms with van der Waals surface area (Å²) in [7, 11) is 1.66. The van der Waals surface area contributed by atoms with Gasteiger partial charge in [-0.25, -0.2) is 0 Å². The number of hydrogen-bond acceptors (Lipinski definition) is 3. The molecule has 0 spiro atoms. The van der Waals surface area contributed by atoms with Gasteiger partial charge < -0.3 is 14.8 Å². The second-order valence-corrected chi connectivity index (χ2v) is 5.69. The van der Waals surface area contributed by atoms with Crippen LogP contribution in [-0.2, 0) is 6.54 Å². The molecule has 3 aromatic rings.